The summed E-state index contributed by atoms with van der Waals surface area (Å²) in [5.41, 5.74) is 0.0457. The summed E-state index contributed by atoms with van der Waals surface area (Å²) in [5, 5.41) is 21.8. The SMILES string of the molecule is CCC1CC(=O)C2(O)C3CC=C4CC(O)CCC4(C)C3CCC12C. The zero-order valence-electron chi connectivity index (χ0n) is 15.3. The van der Waals surface area contributed by atoms with Crippen LogP contribution in [0.5, 0.6) is 0 Å². The summed E-state index contributed by atoms with van der Waals surface area (Å²) in [6.07, 6.45) is 9.06. The van der Waals surface area contributed by atoms with E-state index >= 15 is 0 Å². The summed E-state index contributed by atoms with van der Waals surface area (Å²) in [6, 6.07) is 0. The van der Waals surface area contributed by atoms with Gasteiger partial charge < -0.3 is 10.2 Å². The average Bonchev–Trinajstić information content (AvgIpc) is 2.76. The van der Waals surface area contributed by atoms with E-state index in [4.69, 9.17) is 0 Å². The summed E-state index contributed by atoms with van der Waals surface area (Å²) in [4.78, 5) is 13.0. The fourth-order valence-electron chi connectivity index (χ4n) is 7.12. The van der Waals surface area contributed by atoms with Gasteiger partial charge in [0.25, 0.3) is 0 Å². The van der Waals surface area contributed by atoms with Crippen LogP contribution in [0.25, 0.3) is 0 Å². The molecule has 0 saturated heterocycles. The number of aliphatic hydroxyl groups is 2. The average molecular weight is 332 g/mol. The maximum atomic E-state index is 13.0. The molecule has 7 unspecified atom stereocenters. The lowest BCUT2D eigenvalue weighted by atomic mass is 9.45. The molecule has 0 amide bonds. The molecule has 0 radical (unpaired) electrons. The molecule has 3 fully saturated rings. The van der Waals surface area contributed by atoms with Gasteiger partial charge in [-0.25, -0.2) is 0 Å². The van der Waals surface area contributed by atoms with Crippen molar-refractivity contribution in [1.82, 2.24) is 0 Å². The molecule has 134 valence electrons. The number of rotatable bonds is 1. The van der Waals surface area contributed by atoms with Crippen LogP contribution in [-0.2, 0) is 4.79 Å². The minimum Gasteiger partial charge on any atom is -0.393 e. The van der Waals surface area contributed by atoms with Gasteiger partial charge in [-0.3, -0.25) is 4.79 Å². The molecule has 0 heterocycles. The molecule has 3 heteroatoms. The Labute approximate surface area is 145 Å². The first-order valence-corrected chi connectivity index (χ1v) is 9.90. The van der Waals surface area contributed by atoms with Crippen LogP contribution in [0.15, 0.2) is 11.6 Å². The Morgan fingerprint density at radius 3 is 2.62 bits per heavy atom. The lowest BCUT2D eigenvalue weighted by Gasteiger charge is -2.60. The van der Waals surface area contributed by atoms with E-state index in [2.05, 4.69) is 26.8 Å². The Hall–Kier alpha value is -0.670. The van der Waals surface area contributed by atoms with E-state index in [0.717, 1.165) is 44.9 Å². The second-order valence-electron chi connectivity index (χ2n) is 9.45. The maximum Gasteiger partial charge on any atom is 0.165 e. The number of aliphatic hydroxyl groups excluding tert-OH is 1. The molecule has 4 aliphatic carbocycles. The zero-order chi connectivity index (χ0) is 17.3. The monoisotopic (exact) mass is 332 g/mol. The van der Waals surface area contributed by atoms with Crippen LogP contribution in [0.1, 0.15) is 72.1 Å². The number of hydrogen-bond acceptors (Lipinski definition) is 3. The summed E-state index contributed by atoms with van der Waals surface area (Å²) < 4.78 is 0. The lowest BCUT2D eigenvalue weighted by Crippen LogP contribution is -2.63. The van der Waals surface area contributed by atoms with E-state index in [0.29, 0.717) is 18.3 Å². The van der Waals surface area contributed by atoms with Gasteiger partial charge in [0.15, 0.2) is 5.78 Å². The molecule has 4 rings (SSSR count). The van der Waals surface area contributed by atoms with Gasteiger partial charge in [0.2, 0.25) is 0 Å². The van der Waals surface area contributed by atoms with Crippen LogP contribution in [0, 0.1) is 28.6 Å². The molecule has 4 aliphatic rings. The van der Waals surface area contributed by atoms with Crippen molar-refractivity contribution < 1.29 is 15.0 Å². The van der Waals surface area contributed by atoms with E-state index in [1.807, 2.05) is 0 Å². The van der Waals surface area contributed by atoms with Crippen molar-refractivity contribution >= 4 is 5.78 Å². The molecule has 2 N–H and O–H groups in total. The van der Waals surface area contributed by atoms with Crippen LogP contribution < -0.4 is 0 Å². The molecule has 3 saturated carbocycles. The van der Waals surface area contributed by atoms with Crippen molar-refractivity contribution in [2.75, 3.05) is 0 Å². The predicted molar refractivity (Wildman–Crippen MR) is 93.3 cm³/mol. The van der Waals surface area contributed by atoms with Crippen molar-refractivity contribution in [2.24, 2.45) is 28.6 Å². The van der Waals surface area contributed by atoms with Gasteiger partial charge in [-0.05, 0) is 55.8 Å². The highest BCUT2D eigenvalue weighted by atomic mass is 16.3. The third-order valence-electron chi connectivity index (χ3n) is 8.74. The summed E-state index contributed by atoms with van der Waals surface area (Å²) >= 11 is 0. The molecule has 0 bridgehead atoms. The number of Topliss-reactive ketones (excluding diaryl/α,β-unsaturated/α-hetero) is 1. The van der Waals surface area contributed by atoms with Crippen molar-refractivity contribution in [3.8, 4) is 0 Å². The molecule has 0 aromatic rings. The predicted octanol–water partition coefficient (Wildman–Crippen LogP) is 3.63. The molecule has 3 nitrogen and oxygen atoms in total. The highest BCUT2D eigenvalue weighted by Crippen LogP contribution is 2.67. The van der Waals surface area contributed by atoms with Crippen molar-refractivity contribution in [2.45, 2.75) is 83.8 Å². The molecule has 24 heavy (non-hydrogen) atoms. The number of ketones is 1. The maximum absolute atomic E-state index is 13.0. The minimum atomic E-state index is -1.14. The van der Waals surface area contributed by atoms with E-state index in [1.54, 1.807) is 0 Å². The Kier molecular flexibility index (Phi) is 3.61. The molecule has 0 aromatic carbocycles. The van der Waals surface area contributed by atoms with Crippen LogP contribution in [0.3, 0.4) is 0 Å². The normalized spacial score (nSPS) is 53.9. The Morgan fingerprint density at radius 1 is 1.17 bits per heavy atom. The first-order chi connectivity index (χ1) is 11.3. The van der Waals surface area contributed by atoms with Gasteiger partial charge in [-0.2, -0.15) is 0 Å². The third kappa shape index (κ3) is 1.83. The van der Waals surface area contributed by atoms with E-state index in [1.165, 1.54) is 5.57 Å². The summed E-state index contributed by atoms with van der Waals surface area (Å²) in [5.74, 6) is 0.858. The highest BCUT2D eigenvalue weighted by Gasteiger charge is 2.69. The topological polar surface area (TPSA) is 57.5 Å². The lowest BCUT2D eigenvalue weighted by molar-refractivity contribution is -0.185. The zero-order valence-corrected chi connectivity index (χ0v) is 15.3. The number of carbonyl (C=O) groups excluding carboxylic acids is 1. The summed E-state index contributed by atoms with van der Waals surface area (Å²) in [7, 11) is 0. The fourth-order valence-corrected chi connectivity index (χ4v) is 7.12. The van der Waals surface area contributed by atoms with Gasteiger partial charge in [0.1, 0.15) is 5.60 Å². The molecular weight excluding hydrogens is 300 g/mol. The molecule has 7 atom stereocenters. The quantitative estimate of drug-likeness (QED) is 0.721. The first-order valence-electron chi connectivity index (χ1n) is 9.90. The van der Waals surface area contributed by atoms with Gasteiger partial charge in [0.05, 0.1) is 6.10 Å². The van der Waals surface area contributed by atoms with Gasteiger partial charge >= 0.3 is 0 Å². The van der Waals surface area contributed by atoms with E-state index < -0.39 is 5.60 Å². The van der Waals surface area contributed by atoms with Crippen LogP contribution in [0.4, 0.5) is 0 Å². The standard InChI is InChI=1S/C21H32O3/c1-4-13-12-18(23)21(24)17-6-5-14-11-15(22)7-9-19(14,2)16(17)8-10-20(13,21)3/h5,13,15-17,22,24H,4,6-12H2,1-3H3. The van der Waals surface area contributed by atoms with Gasteiger partial charge in [0, 0.05) is 17.8 Å². The second kappa shape index (κ2) is 5.17. The van der Waals surface area contributed by atoms with Gasteiger partial charge in [-0.15, -0.1) is 0 Å². The number of carbonyl (C=O) groups is 1. The first kappa shape index (κ1) is 16.8. The number of allylic oxidation sites excluding steroid dienone is 1. The Morgan fingerprint density at radius 2 is 1.92 bits per heavy atom. The fraction of sp³-hybridized carbons (Fsp3) is 0.857. The van der Waals surface area contributed by atoms with Gasteiger partial charge in [-0.1, -0.05) is 38.8 Å². The molecule has 0 aromatic heterocycles. The number of hydrogen-bond donors (Lipinski definition) is 2. The molecular formula is C21H32O3. The van der Waals surface area contributed by atoms with Crippen molar-refractivity contribution in [3.05, 3.63) is 11.6 Å². The van der Waals surface area contributed by atoms with Crippen LogP contribution in [-0.4, -0.2) is 27.7 Å². The summed E-state index contributed by atoms with van der Waals surface area (Å²) in [6.45, 7) is 6.66. The third-order valence-corrected chi connectivity index (χ3v) is 8.74. The van der Waals surface area contributed by atoms with Crippen LogP contribution in [0.2, 0.25) is 0 Å². The molecule has 0 aliphatic heterocycles. The van der Waals surface area contributed by atoms with E-state index in [-0.39, 0.29) is 28.6 Å². The smallest absolute Gasteiger partial charge is 0.165 e. The minimum absolute atomic E-state index is 0.0593. The highest BCUT2D eigenvalue weighted by molar-refractivity contribution is 5.91. The number of fused-ring (bicyclic) bond motifs is 5. The van der Waals surface area contributed by atoms with Crippen LogP contribution >= 0.6 is 0 Å². The second-order valence-corrected chi connectivity index (χ2v) is 9.45. The van der Waals surface area contributed by atoms with E-state index in [9.17, 15) is 15.0 Å². The van der Waals surface area contributed by atoms with Crippen molar-refractivity contribution in [1.29, 1.82) is 0 Å². The molecule has 0 spiro atoms. The Bertz CT molecular complexity index is 596. The Balaban J connectivity index is 1.77. The van der Waals surface area contributed by atoms with Crippen molar-refractivity contribution in [3.63, 3.8) is 0 Å². The largest absolute Gasteiger partial charge is 0.393 e.